The Hall–Kier alpha value is -3.39. The Kier molecular flexibility index (Phi) is 4.71. The van der Waals surface area contributed by atoms with Crippen molar-refractivity contribution >= 4 is 23.2 Å². The first-order valence-corrected chi connectivity index (χ1v) is 9.11. The Bertz CT molecular complexity index is 1150. The number of halogens is 1. The summed E-state index contributed by atoms with van der Waals surface area (Å²) in [6.45, 7) is 5.38. The van der Waals surface area contributed by atoms with Crippen molar-refractivity contribution in [2.45, 2.75) is 19.4 Å². The fourth-order valence-electron chi connectivity index (χ4n) is 3.70. The highest BCUT2D eigenvalue weighted by atomic mass is 19.1. The number of nitrogens with zero attached hydrogens (tertiary/aromatic N) is 4. The number of aldehydes is 1. The van der Waals surface area contributed by atoms with Crippen molar-refractivity contribution in [2.75, 3.05) is 13.1 Å². The van der Waals surface area contributed by atoms with Gasteiger partial charge in [0, 0.05) is 36.2 Å². The number of benzene rings is 1. The van der Waals surface area contributed by atoms with E-state index in [1.807, 2.05) is 6.92 Å². The van der Waals surface area contributed by atoms with Crippen molar-refractivity contribution in [1.29, 1.82) is 0 Å². The van der Waals surface area contributed by atoms with Gasteiger partial charge in [0.05, 0.1) is 18.0 Å². The fraction of sp³-hybridized carbons (Fsp3) is 0.238. The number of aryl methyl sites for hydroxylation is 1. The third-order valence-electron chi connectivity index (χ3n) is 5.22. The van der Waals surface area contributed by atoms with Gasteiger partial charge in [-0.25, -0.2) is 14.1 Å². The molecule has 0 radical (unpaired) electrons. The lowest BCUT2D eigenvalue weighted by Gasteiger charge is -2.38. The van der Waals surface area contributed by atoms with Crippen molar-refractivity contribution in [3.63, 3.8) is 0 Å². The summed E-state index contributed by atoms with van der Waals surface area (Å²) in [6, 6.07) is 6.99. The molecule has 0 bridgehead atoms. The Morgan fingerprint density at radius 3 is 2.76 bits per heavy atom. The zero-order chi connectivity index (χ0) is 20.7. The van der Waals surface area contributed by atoms with Crippen LogP contribution in [0.3, 0.4) is 0 Å². The molecule has 0 saturated carbocycles. The Balaban J connectivity index is 1.81. The first-order valence-electron chi connectivity index (χ1n) is 9.11. The second-order valence-electron chi connectivity index (χ2n) is 7.10. The third-order valence-corrected chi connectivity index (χ3v) is 5.22. The first kappa shape index (κ1) is 18.9. The predicted octanol–water partition coefficient (Wildman–Crippen LogP) is 2.44. The lowest BCUT2D eigenvalue weighted by Crippen LogP contribution is -2.48. The number of amides is 1. The number of aromatic nitrogens is 3. The number of rotatable bonds is 5. The number of fused-ring (bicyclic) bond motifs is 1. The van der Waals surface area contributed by atoms with Gasteiger partial charge >= 0.3 is 0 Å². The van der Waals surface area contributed by atoms with Gasteiger partial charge in [-0.2, -0.15) is 5.10 Å². The normalized spacial score (nSPS) is 14.1. The van der Waals surface area contributed by atoms with Crippen molar-refractivity contribution in [2.24, 2.45) is 0 Å². The standard InChI is InChI=1S/C21H19FN4O3/c1-12-7-14(10-27)3-4-17(12)26-20-18(15(11-28)5-6-23-20)19(24-26)16-8-25(9-16)21(29)13(2)22/h3-7,10,16,28H,2,8-9,11H2,1H3. The van der Waals surface area contributed by atoms with Crippen LogP contribution in [0, 0.1) is 6.92 Å². The molecule has 3 aromatic rings. The molecule has 0 atom stereocenters. The van der Waals surface area contributed by atoms with Gasteiger partial charge in [-0.15, -0.1) is 0 Å². The molecule has 8 heteroatoms. The third kappa shape index (κ3) is 3.11. The van der Waals surface area contributed by atoms with E-state index >= 15 is 0 Å². The summed E-state index contributed by atoms with van der Waals surface area (Å²) in [5.41, 5.74) is 4.13. The molecule has 2 aromatic heterocycles. The minimum atomic E-state index is -0.984. The molecule has 1 N–H and O–H groups in total. The van der Waals surface area contributed by atoms with Crippen molar-refractivity contribution in [3.05, 3.63) is 65.3 Å². The number of pyridine rings is 1. The molecular weight excluding hydrogens is 375 g/mol. The van der Waals surface area contributed by atoms with Gasteiger partial charge in [0.15, 0.2) is 11.5 Å². The average Bonchev–Trinajstić information content (AvgIpc) is 3.05. The lowest BCUT2D eigenvalue weighted by molar-refractivity contribution is -0.133. The second kappa shape index (κ2) is 7.21. The molecular formula is C21H19FN4O3. The largest absolute Gasteiger partial charge is 0.392 e. The molecule has 0 unspecified atom stereocenters. The van der Waals surface area contributed by atoms with Gasteiger partial charge < -0.3 is 10.0 Å². The summed E-state index contributed by atoms with van der Waals surface area (Å²) >= 11 is 0. The number of likely N-dealkylation sites (tertiary alicyclic amines) is 1. The van der Waals surface area contributed by atoms with E-state index in [1.165, 1.54) is 4.90 Å². The van der Waals surface area contributed by atoms with Crippen LogP contribution in [0.4, 0.5) is 4.39 Å². The Morgan fingerprint density at radius 2 is 2.14 bits per heavy atom. The van der Waals surface area contributed by atoms with E-state index in [2.05, 4.69) is 11.6 Å². The molecule has 1 aliphatic rings. The predicted molar refractivity (Wildman–Crippen MR) is 104 cm³/mol. The van der Waals surface area contributed by atoms with E-state index in [0.29, 0.717) is 35.6 Å². The van der Waals surface area contributed by atoms with Gasteiger partial charge in [-0.1, -0.05) is 6.58 Å². The van der Waals surface area contributed by atoms with E-state index in [-0.39, 0.29) is 12.5 Å². The Labute approximate surface area is 166 Å². The molecule has 0 aliphatic carbocycles. The molecule has 0 spiro atoms. The Morgan fingerprint density at radius 1 is 1.38 bits per heavy atom. The summed E-state index contributed by atoms with van der Waals surface area (Å²) in [7, 11) is 0. The fourth-order valence-corrected chi connectivity index (χ4v) is 3.70. The molecule has 1 aliphatic heterocycles. The number of carbonyl (C=O) groups is 2. The number of hydrogen-bond acceptors (Lipinski definition) is 5. The highest BCUT2D eigenvalue weighted by molar-refractivity contribution is 5.92. The van der Waals surface area contributed by atoms with Crippen LogP contribution in [-0.2, 0) is 11.4 Å². The van der Waals surface area contributed by atoms with Gasteiger partial charge in [-0.05, 0) is 42.3 Å². The average molecular weight is 394 g/mol. The van der Waals surface area contributed by atoms with Crippen molar-refractivity contribution in [3.8, 4) is 5.69 Å². The maximum Gasteiger partial charge on any atom is 0.282 e. The number of hydrogen-bond donors (Lipinski definition) is 1. The maximum atomic E-state index is 13.1. The van der Waals surface area contributed by atoms with Crippen molar-refractivity contribution < 1.29 is 19.1 Å². The minimum absolute atomic E-state index is 0.105. The van der Waals surface area contributed by atoms with Gasteiger partial charge in [0.2, 0.25) is 0 Å². The summed E-state index contributed by atoms with van der Waals surface area (Å²) in [5, 5.41) is 15.3. The van der Waals surface area contributed by atoms with E-state index in [1.54, 1.807) is 35.1 Å². The zero-order valence-electron chi connectivity index (χ0n) is 15.8. The van der Waals surface area contributed by atoms with Crippen LogP contribution in [0.25, 0.3) is 16.7 Å². The van der Waals surface area contributed by atoms with Gasteiger partial charge in [0.25, 0.3) is 5.91 Å². The van der Waals surface area contributed by atoms with Crippen LogP contribution in [0.2, 0.25) is 0 Å². The molecule has 3 heterocycles. The quantitative estimate of drug-likeness (QED) is 0.530. The maximum absolute atomic E-state index is 13.1. The van der Waals surface area contributed by atoms with E-state index in [4.69, 9.17) is 5.10 Å². The number of aliphatic hydroxyl groups is 1. The smallest absolute Gasteiger partial charge is 0.282 e. The monoisotopic (exact) mass is 394 g/mol. The van der Waals surface area contributed by atoms with E-state index < -0.39 is 11.7 Å². The highest BCUT2D eigenvalue weighted by Crippen LogP contribution is 2.35. The summed E-state index contributed by atoms with van der Waals surface area (Å²) in [4.78, 5) is 28.6. The molecule has 29 heavy (non-hydrogen) atoms. The van der Waals surface area contributed by atoms with Crippen LogP contribution < -0.4 is 0 Å². The van der Waals surface area contributed by atoms with Crippen molar-refractivity contribution in [1.82, 2.24) is 19.7 Å². The van der Waals surface area contributed by atoms with Crippen LogP contribution in [0.1, 0.15) is 33.1 Å². The molecule has 1 amide bonds. The van der Waals surface area contributed by atoms with Crippen LogP contribution in [0.15, 0.2) is 42.9 Å². The van der Waals surface area contributed by atoms with Gasteiger partial charge in [0.1, 0.15) is 6.29 Å². The summed E-state index contributed by atoms with van der Waals surface area (Å²) < 4.78 is 14.8. The molecule has 4 rings (SSSR count). The minimum Gasteiger partial charge on any atom is -0.392 e. The summed E-state index contributed by atoms with van der Waals surface area (Å²) in [5.74, 6) is -1.81. The summed E-state index contributed by atoms with van der Waals surface area (Å²) in [6.07, 6.45) is 2.39. The van der Waals surface area contributed by atoms with Gasteiger partial charge in [-0.3, -0.25) is 9.59 Å². The van der Waals surface area contributed by atoms with E-state index in [0.717, 1.165) is 22.9 Å². The van der Waals surface area contributed by atoms with Crippen LogP contribution in [0.5, 0.6) is 0 Å². The SMILES string of the molecule is C=C(F)C(=O)N1CC(c2nn(-c3ccc(C=O)cc3C)c3nccc(CO)c23)C1. The first-order chi connectivity index (χ1) is 13.9. The number of aliphatic hydroxyl groups excluding tert-OH is 1. The molecule has 1 saturated heterocycles. The van der Waals surface area contributed by atoms with E-state index in [9.17, 15) is 19.1 Å². The van der Waals surface area contributed by atoms with Crippen LogP contribution >= 0.6 is 0 Å². The molecule has 1 aromatic carbocycles. The number of carbonyl (C=O) groups excluding carboxylic acids is 2. The molecule has 148 valence electrons. The topological polar surface area (TPSA) is 88.3 Å². The molecule has 1 fully saturated rings. The molecule has 7 nitrogen and oxygen atoms in total. The highest BCUT2D eigenvalue weighted by Gasteiger charge is 2.36. The lowest BCUT2D eigenvalue weighted by atomic mass is 9.93. The van der Waals surface area contributed by atoms with Crippen LogP contribution in [-0.4, -0.2) is 50.1 Å². The second-order valence-corrected chi connectivity index (χ2v) is 7.10. The zero-order valence-corrected chi connectivity index (χ0v) is 15.8.